The molecule has 0 aliphatic rings. The predicted octanol–water partition coefficient (Wildman–Crippen LogP) is 2.62. The first-order valence-electron chi connectivity index (χ1n) is 4.64. The lowest BCUT2D eigenvalue weighted by atomic mass is 10.3. The third kappa shape index (κ3) is 2.92. The van der Waals surface area contributed by atoms with E-state index >= 15 is 0 Å². The molecular formula is C11H7ClN2O3. The minimum absolute atomic E-state index is 0.136. The van der Waals surface area contributed by atoms with Crippen molar-refractivity contribution in [3.05, 3.63) is 47.4 Å². The minimum Gasteiger partial charge on any atom is -0.476 e. The maximum absolute atomic E-state index is 10.6. The molecule has 1 N–H and O–H groups in total. The van der Waals surface area contributed by atoms with Gasteiger partial charge in [-0.2, -0.15) is 0 Å². The number of ether oxygens (including phenoxy) is 1. The van der Waals surface area contributed by atoms with Crippen LogP contribution in [0.5, 0.6) is 11.6 Å². The van der Waals surface area contributed by atoms with Crippen molar-refractivity contribution < 1.29 is 14.6 Å². The molecule has 0 aliphatic carbocycles. The van der Waals surface area contributed by atoms with E-state index in [0.717, 1.165) is 6.20 Å². The lowest BCUT2D eigenvalue weighted by molar-refractivity contribution is 0.0690. The zero-order chi connectivity index (χ0) is 12.3. The lowest BCUT2D eigenvalue weighted by Gasteiger charge is -2.04. The number of halogens is 1. The van der Waals surface area contributed by atoms with Gasteiger partial charge in [0.1, 0.15) is 5.75 Å². The van der Waals surface area contributed by atoms with Crippen LogP contribution in [0.15, 0.2) is 36.7 Å². The highest BCUT2D eigenvalue weighted by Gasteiger charge is 2.06. The molecule has 0 fully saturated rings. The first-order chi connectivity index (χ1) is 8.15. The van der Waals surface area contributed by atoms with Crippen molar-refractivity contribution in [3.8, 4) is 11.6 Å². The van der Waals surface area contributed by atoms with Crippen LogP contribution in [0, 0.1) is 0 Å². The second kappa shape index (κ2) is 4.80. The molecule has 0 amide bonds. The number of carboxylic acid groups (broad SMARTS) is 1. The van der Waals surface area contributed by atoms with Gasteiger partial charge < -0.3 is 9.84 Å². The molecule has 17 heavy (non-hydrogen) atoms. The molecule has 1 aromatic heterocycles. The van der Waals surface area contributed by atoms with E-state index in [1.54, 1.807) is 24.3 Å². The van der Waals surface area contributed by atoms with Crippen molar-refractivity contribution in [2.24, 2.45) is 0 Å². The summed E-state index contributed by atoms with van der Waals surface area (Å²) in [6.45, 7) is 0. The standard InChI is InChI=1S/C11H7ClN2O3/c12-7-2-1-3-8(4-7)17-10-6-13-9(5-14-10)11(15)16/h1-6H,(H,15,16). The normalized spacial score (nSPS) is 9.94. The molecule has 0 saturated heterocycles. The zero-order valence-electron chi connectivity index (χ0n) is 8.50. The van der Waals surface area contributed by atoms with E-state index in [1.807, 2.05) is 0 Å². The van der Waals surface area contributed by atoms with E-state index in [-0.39, 0.29) is 11.6 Å². The Morgan fingerprint density at radius 2 is 2.12 bits per heavy atom. The number of hydrogen-bond acceptors (Lipinski definition) is 4. The maximum atomic E-state index is 10.6. The summed E-state index contributed by atoms with van der Waals surface area (Å²) >= 11 is 5.78. The SMILES string of the molecule is O=C(O)c1cnc(Oc2cccc(Cl)c2)cn1. The van der Waals surface area contributed by atoms with E-state index in [0.29, 0.717) is 10.8 Å². The van der Waals surface area contributed by atoms with E-state index in [4.69, 9.17) is 21.4 Å². The van der Waals surface area contributed by atoms with E-state index in [9.17, 15) is 4.79 Å². The number of carboxylic acids is 1. The minimum atomic E-state index is -1.13. The summed E-state index contributed by atoms with van der Waals surface area (Å²) in [6, 6.07) is 6.78. The molecule has 0 saturated carbocycles. The summed E-state index contributed by atoms with van der Waals surface area (Å²) in [5.74, 6) is -0.418. The molecule has 2 aromatic rings. The van der Waals surface area contributed by atoms with Crippen LogP contribution in [-0.4, -0.2) is 21.0 Å². The molecule has 0 atom stereocenters. The Morgan fingerprint density at radius 3 is 2.71 bits per heavy atom. The first kappa shape index (κ1) is 11.3. The van der Waals surface area contributed by atoms with Crippen LogP contribution >= 0.6 is 11.6 Å². The predicted molar refractivity (Wildman–Crippen MR) is 60.5 cm³/mol. The van der Waals surface area contributed by atoms with Crippen molar-refractivity contribution in [2.45, 2.75) is 0 Å². The van der Waals surface area contributed by atoms with Gasteiger partial charge in [-0.25, -0.2) is 14.8 Å². The van der Waals surface area contributed by atoms with Crippen molar-refractivity contribution in [3.63, 3.8) is 0 Å². The number of benzene rings is 1. The highest BCUT2D eigenvalue weighted by atomic mass is 35.5. The smallest absolute Gasteiger partial charge is 0.356 e. The van der Waals surface area contributed by atoms with Gasteiger partial charge >= 0.3 is 5.97 Å². The third-order valence-electron chi connectivity index (χ3n) is 1.87. The molecule has 0 bridgehead atoms. The van der Waals surface area contributed by atoms with Gasteiger partial charge in [0.15, 0.2) is 5.69 Å². The molecule has 6 heteroatoms. The number of aromatic carboxylic acids is 1. The van der Waals surface area contributed by atoms with Gasteiger partial charge in [-0.05, 0) is 18.2 Å². The van der Waals surface area contributed by atoms with Crippen LogP contribution in [-0.2, 0) is 0 Å². The van der Waals surface area contributed by atoms with E-state index in [1.165, 1.54) is 6.20 Å². The summed E-state index contributed by atoms with van der Waals surface area (Å²) in [7, 11) is 0. The van der Waals surface area contributed by atoms with Gasteiger partial charge in [-0.15, -0.1) is 0 Å². The molecule has 1 heterocycles. The van der Waals surface area contributed by atoms with Gasteiger partial charge in [0.2, 0.25) is 5.88 Å². The van der Waals surface area contributed by atoms with Crippen LogP contribution in [0.2, 0.25) is 5.02 Å². The van der Waals surface area contributed by atoms with Gasteiger partial charge in [-0.1, -0.05) is 17.7 Å². The highest BCUT2D eigenvalue weighted by Crippen LogP contribution is 2.21. The van der Waals surface area contributed by atoms with Crippen LogP contribution in [0.4, 0.5) is 0 Å². The van der Waals surface area contributed by atoms with Crippen molar-refractivity contribution in [1.29, 1.82) is 0 Å². The number of hydrogen-bond donors (Lipinski definition) is 1. The van der Waals surface area contributed by atoms with Gasteiger partial charge in [0, 0.05) is 5.02 Å². The third-order valence-corrected chi connectivity index (χ3v) is 2.10. The molecule has 0 radical (unpaired) electrons. The Bertz CT molecular complexity index is 543. The van der Waals surface area contributed by atoms with E-state index < -0.39 is 5.97 Å². The number of nitrogens with zero attached hydrogens (tertiary/aromatic N) is 2. The van der Waals surface area contributed by atoms with Crippen LogP contribution in [0.3, 0.4) is 0 Å². The molecule has 0 spiro atoms. The molecule has 2 rings (SSSR count). The highest BCUT2D eigenvalue weighted by molar-refractivity contribution is 6.30. The van der Waals surface area contributed by atoms with Gasteiger partial charge in [-0.3, -0.25) is 0 Å². The second-order valence-electron chi connectivity index (χ2n) is 3.10. The Labute approximate surface area is 102 Å². The molecular weight excluding hydrogens is 244 g/mol. The maximum Gasteiger partial charge on any atom is 0.356 e. The molecule has 86 valence electrons. The summed E-state index contributed by atoms with van der Waals surface area (Å²) in [4.78, 5) is 18.0. The Balaban J connectivity index is 2.16. The molecule has 1 aromatic carbocycles. The van der Waals surface area contributed by atoms with Crippen LogP contribution in [0.1, 0.15) is 10.5 Å². The topological polar surface area (TPSA) is 72.3 Å². The van der Waals surface area contributed by atoms with Gasteiger partial charge in [0.05, 0.1) is 12.4 Å². The number of aromatic nitrogens is 2. The molecule has 5 nitrogen and oxygen atoms in total. The number of carbonyl (C=O) groups is 1. The first-order valence-corrected chi connectivity index (χ1v) is 5.02. The molecule has 0 aliphatic heterocycles. The van der Waals surface area contributed by atoms with E-state index in [2.05, 4.69) is 9.97 Å². The summed E-state index contributed by atoms with van der Waals surface area (Å²) in [5.41, 5.74) is -0.136. The second-order valence-corrected chi connectivity index (χ2v) is 3.54. The van der Waals surface area contributed by atoms with Crippen molar-refractivity contribution in [1.82, 2.24) is 9.97 Å². The average molecular weight is 251 g/mol. The Morgan fingerprint density at radius 1 is 1.29 bits per heavy atom. The molecule has 0 unspecified atom stereocenters. The van der Waals surface area contributed by atoms with Gasteiger partial charge in [0.25, 0.3) is 0 Å². The fourth-order valence-electron chi connectivity index (χ4n) is 1.13. The zero-order valence-corrected chi connectivity index (χ0v) is 9.26. The fourth-order valence-corrected chi connectivity index (χ4v) is 1.31. The summed E-state index contributed by atoms with van der Waals surface area (Å²) in [6.07, 6.45) is 2.37. The number of rotatable bonds is 3. The van der Waals surface area contributed by atoms with Crippen molar-refractivity contribution >= 4 is 17.6 Å². The Hall–Kier alpha value is -2.14. The van der Waals surface area contributed by atoms with Crippen LogP contribution in [0.25, 0.3) is 0 Å². The monoisotopic (exact) mass is 250 g/mol. The quantitative estimate of drug-likeness (QED) is 0.907. The Kier molecular flexibility index (Phi) is 3.20. The van der Waals surface area contributed by atoms with Crippen molar-refractivity contribution in [2.75, 3.05) is 0 Å². The largest absolute Gasteiger partial charge is 0.476 e. The lowest BCUT2D eigenvalue weighted by Crippen LogP contribution is -2.01. The average Bonchev–Trinajstić information content (AvgIpc) is 2.29. The summed E-state index contributed by atoms with van der Waals surface area (Å²) in [5, 5.41) is 9.18. The fraction of sp³-hybridized carbons (Fsp3) is 0. The summed E-state index contributed by atoms with van der Waals surface area (Å²) < 4.78 is 5.34. The van der Waals surface area contributed by atoms with Crippen LogP contribution < -0.4 is 4.74 Å².